The summed E-state index contributed by atoms with van der Waals surface area (Å²) in [6, 6.07) is 8.59. The van der Waals surface area contributed by atoms with E-state index in [4.69, 9.17) is 0 Å². The highest BCUT2D eigenvalue weighted by atomic mass is 32.2. The molecule has 0 unspecified atom stereocenters. The second-order valence-electron chi connectivity index (χ2n) is 4.75. The van der Waals surface area contributed by atoms with Crippen molar-refractivity contribution in [1.82, 2.24) is 4.72 Å². The van der Waals surface area contributed by atoms with Gasteiger partial charge in [0.25, 0.3) is 10.0 Å². The maximum absolute atomic E-state index is 13.3. The molecule has 0 aliphatic heterocycles. The Kier molecular flexibility index (Phi) is 4.73. The summed E-state index contributed by atoms with van der Waals surface area (Å²) in [6.07, 6.45) is 0. The van der Waals surface area contributed by atoms with Gasteiger partial charge in [-0.2, -0.15) is 0 Å². The molecular weight excluding hydrogens is 343 g/mol. The number of nitrogens with one attached hydrogen (secondary N) is 2. The van der Waals surface area contributed by atoms with Crippen LogP contribution in [0, 0.1) is 12.7 Å². The fourth-order valence-corrected chi connectivity index (χ4v) is 3.85. The zero-order chi connectivity index (χ0) is 17.3. The molecular formula is C14H15FN2O4S2. The summed E-state index contributed by atoms with van der Waals surface area (Å²) in [7, 11) is -6.60. The first-order valence-corrected chi connectivity index (χ1v) is 9.45. The van der Waals surface area contributed by atoms with E-state index >= 15 is 0 Å². The lowest BCUT2D eigenvalue weighted by molar-refractivity contribution is 0.588. The molecule has 6 nitrogen and oxygen atoms in total. The van der Waals surface area contributed by atoms with Gasteiger partial charge in [-0.1, -0.05) is 12.1 Å². The summed E-state index contributed by atoms with van der Waals surface area (Å²) < 4.78 is 65.9. The van der Waals surface area contributed by atoms with Gasteiger partial charge < -0.3 is 0 Å². The van der Waals surface area contributed by atoms with E-state index in [-0.39, 0.29) is 15.5 Å². The van der Waals surface area contributed by atoms with Gasteiger partial charge in [0.1, 0.15) is 5.82 Å². The Morgan fingerprint density at radius 3 is 2.13 bits per heavy atom. The molecule has 0 saturated heterocycles. The number of hydrogen-bond donors (Lipinski definition) is 2. The first kappa shape index (κ1) is 17.4. The summed E-state index contributed by atoms with van der Waals surface area (Å²) in [5.41, 5.74) is 0.626. The predicted octanol–water partition coefficient (Wildman–Crippen LogP) is 1.84. The van der Waals surface area contributed by atoms with Crippen LogP contribution in [0.3, 0.4) is 0 Å². The third-order valence-electron chi connectivity index (χ3n) is 3.14. The Hall–Kier alpha value is -1.97. The van der Waals surface area contributed by atoms with Crippen molar-refractivity contribution in [3.63, 3.8) is 0 Å². The van der Waals surface area contributed by atoms with E-state index in [1.54, 1.807) is 6.92 Å². The number of aryl methyl sites for hydroxylation is 1. The van der Waals surface area contributed by atoms with Crippen LogP contribution < -0.4 is 9.44 Å². The molecule has 0 atom stereocenters. The van der Waals surface area contributed by atoms with E-state index in [0.29, 0.717) is 5.56 Å². The van der Waals surface area contributed by atoms with Crippen molar-refractivity contribution in [2.75, 3.05) is 11.8 Å². The lowest BCUT2D eigenvalue weighted by Crippen LogP contribution is -2.20. The molecule has 9 heteroatoms. The monoisotopic (exact) mass is 358 g/mol. The molecule has 0 aliphatic rings. The van der Waals surface area contributed by atoms with Crippen molar-refractivity contribution < 1.29 is 21.2 Å². The number of sulfonamides is 2. The fourth-order valence-electron chi connectivity index (χ4n) is 1.83. The Balaban J connectivity index is 2.45. The molecule has 2 aromatic carbocycles. The molecule has 2 rings (SSSR count). The van der Waals surface area contributed by atoms with Crippen LogP contribution in [0.25, 0.3) is 0 Å². The molecule has 0 radical (unpaired) electrons. The van der Waals surface area contributed by atoms with Crippen LogP contribution in [-0.2, 0) is 20.0 Å². The second-order valence-corrected chi connectivity index (χ2v) is 8.32. The minimum absolute atomic E-state index is 0.0897. The largest absolute Gasteiger partial charge is 0.279 e. The molecule has 23 heavy (non-hydrogen) atoms. The second kappa shape index (κ2) is 6.26. The van der Waals surface area contributed by atoms with Crippen molar-refractivity contribution in [2.45, 2.75) is 16.7 Å². The molecule has 0 heterocycles. The first-order valence-electron chi connectivity index (χ1n) is 6.48. The van der Waals surface area contributed by atoms with Gasteiger partial charge in [0, 0.05) is 0 Å². The minimum Gasteiger partial charge on any atom is -0.279 e. The number of anilines is 1. The SMILES string of the molecule is CNS(=O)(=O)c1cccc(S(=O)(=O)Nc2cc(F)ccc2C)c1. The summed E-state index contributed by atoms with van der Waals surface area (Å²) in [5.74, 6) is -0.584. The normalized spacial score (nSPS) is 12.1. The number of halogens is 1. The number of benzene rings is 2. The van der Waals surface area contributed by atoms with E-state index in [2.05, 4.69) is 9.44 Å². The van der Waals surface area contributed by atoms with Crippen LogP contribution in [0.1, 0.15) is 5.56 Å². The molecule has 0 saturated carbocycles. The Morgan fingerprint density at radius 2 is 1.52 bits per heavy atom. The predicted molar refractivity (Wildman–Crippen MR) is 84.6 cm³/mol. The third kappa shape index (κ3) is 3.87. The Labute approximate surface area is 134 Å². The Morgan fingerprint density at radius 1 is 0.913 bits per heavy atom. The molecule has 0 aliphatic carbocycles. The fraction of sp³-hybridized carbons (Fsp3) is 0.143. The van der Waals surface area contributed by atoms with Gasteiger partial charge in [-0.05, 0) is 49.9 Å². The van der Waals surface area contributed by atoms with E-state index in [9.17, 15) is 21.2 Å². The van der Waals surface area contributed by atoms with E-state index in [1.807, 2.05) is 0 Å². The summed E-state index contributed by atoms with van der Waals surface area (Å²) in [6.45, 7) is 1.62. The Bertz CT molecular complexity index is 941. The molecule has 0 fully saturated rings. The first-order chi connectivity index (χ1) is 10.7. The van der Waals surface area contributed by atoms with Crippen molar-refractivity contribution in [3.05, 3.63) is 53.8 Å². The summed E-state index contributed by atoms with van der Waals surface area (Å²) >= 11 is 0. The van der Waals surface area contributed by atoms with Crippen LogP contribution in [0.2, 0.25) is 0 Å². The topological polar surface area (TPSA) is 92.3 Å². The van der Waals surface area contributed by atoms with Crippen LogP contribution >= 0.6 is 0 Å². The van der Waals surface area contributed by atoms with Crippen molar-refractivity contribution in [2.24, 2.45) is 0 Å². The van der Waals surface area contributed by atoms with Crippen molar-refractivity contribution in [3.8, 4) is 0 Å². The maximum atomic E-state index is 13.3. The zero-order valence-electron chi connectivity index (χ0n) is 12.4. The van der Waals surface area contributed by atoms with Crippen LogP contribution in [0.15, 0.2) is 52.3 Å². The quantitative estimate of drug-likeness (QED) is 0.853. The average Bonchev–Trinajstić information content (AvgIpc) is 2.51. The van der Waals surface area contributed by atoms with E-state index in [0.717, 1.165) is 12.1 Å². The lowest BCUT2D eigenvalue weighted by Gasteiger charge is -2.11. The lowest BCUT2D eigenvalue weighted by atomic mass is 10.2. The van der Waals surface area contributed by atoms with Gasteiger partial charge in [0.05, 0.1) is 15.5 Å². The van der Waals surface area contributed by atoms with Crippen molar-refractivity contribution >= 4 is 25.7 Å². The van der Waals surface area contributed by atoms with Gasteiger partial charge in [-0.25, -0.2) is 25.9 Å². The highest BCUT2D eigenvalue weighted by molar-refractivity contribution is 7.93. The summed E-state index contributed by atoms with van der Waals surface area (Å²) in [4.78, 5) is -0.420. The van der Waals surface area contributed by atoms with Crippen LogP contribution in [0.4, 0.5) is 10.1 Å². The zero-order valence-corrected chi connectivity index (χ0v) is 14.0. The van der Waals surface area contributed by atoms with Gasteiger partial charge in [0.15, 0.2) is 0 Å². The maximum Gasteiger partial charge on any atom is 0.261 e. The molecule has 2 aromatic rings. The molecule has 0 amide bonds. The highest BCUT2D eigenvalue weighted by Crippen LogP contribution is 2.22. The molecule has 0 bridgehead atoms. The van der Waals surface area contributed by atoms with Gasteiger partial charge in [-0.3, -0.25) is 4.72 Å². The van der Waals surface area contributed by atoms with Gasteiger partial charge >= 0.3 is 0 Å². The van der Waals surface area contributed by atoms with Crippen LogP contribution in [0.5, 0.6) is 0 Å². The summed E-state index contributed by atoms with van der Waals surface area (Å²) in [5, 5.41) is 0. The standard InChI is InChI=1S/C14H15FN2O4S2/c1-10-6-7-11(15)8-14(10)17-23(20,21)13-5-3-4-12(9-13)22(18,19)16-2/h3-9,16-17H,1-2H3. The number of rotatable bonds is 5. The third-order valence-corrected chi connectivity index (χ3v) is 5.91. The van der Waals surface area contributed by atoms with Crippen molar-refractivity contribution in [1.29, 1.82) is 0 Å². The van der Waals surface area contributed by atoms with E-state index in [1.165, 1.54) is 37.4 Å². The molecule has 2 N–H and O–H groups in total. The minimum atomic E-state index is -4.05. The van der Waals surface area contributed by atoms with E-state index < -0.39 is 25.9 Å². The van der Waals surface area contributed by atoms with Gasteiger partial charge in [-0.15, -0.1) is 0 Å². The highest BCUT2D eigenvalue weighted by Gasteiger charge is 2.19. The van der Waals surface area contributed by atoms with Crippen LogP contribution in [-0.4, -0.2) is 23.9 Å². The average molecular weight is 358 g/mol. The molecule has 0 spiro atoms. The number of hydrogen-bond acceptors (Lipinski definition) is 4. The molecule has 0 aromatic heterocycles. The molecule has 124 valence electrons. The van der Waals surface area contributed by atoms with Gasteiger partial charge in [0.2, 0.25) is 10.0 Å². The smallest absolute Gasteiger partial charge is 0.261 e.